The van der Waals surface area contributed by atoms with Gasteiger partial charge in [-0.05, 0) is 37.8 Å². The smallest absolute Gasteiger partial charge is 0.250 e. The fourth-order valence-corrected chi connectivity index (χ4v) is 6.23. The van der Waals surface area contributed by atoms with Crippen molar-refractivity contribution in [2.45, 2.75) is 44.7 Å². The van der Waals surface area contributed by atoms with Gasteiger partial charge < -0.3 is 14.2 Å². The van der Waals surface area contributed by atoms with Gasteiger partial charge in [-0.25, -0.2) is 0 Å². The molecule has 1 aliphatic carbocycles. The van der Waals surface area contributed by atoms with Crippen LogP contribution in [0.4, 0.5) is 0 Å². The van der Waals surface area contributed by atoms with Crippen LogP contribution in [0, 0.1) is 13.8 Å². The molecule has 7 heteroatoms. The molecule has 0 amide bonds. The van der Waals surface area contributed by atoms with E-state index in [-0.39, 0.29) is 22.8 Å². The van der Waals surface area contributed by atoms with E-state index < -0.39 is 18.5 Å². The van der Waals surface area contributed by atoms with E-state index in [0.717, 1.165) is 24.0 Å². The molecular formula is C24H28O6P. The van der Waals surface area contributed by atoms with E-state index in [0.29, 0.717) is 24.2 Å². The van der Waals surface area contributed by atoms with Gasteiger partial charge in [0.05, 0.1) is 21.3 Å². The van der Waals surface area contributed by atoms with Crippen LogP contribution in [0.25, 0.3) is 0 Å². The van der Waals surface area contributed by atoms with E-state index >= 15 is 0 Å². The Balaban J connectivity index is 2.11. The van der Waals surface area contributed by atoms with Crippen LogP contribution in [0.15, 0.2) is 30.3 Å². The van der Waals surface area contributed by atoms with Crippen molar-refractivity contribution in [1.82, 2.24) is 0 Å². The van der Waals surface area contributed by atoms with Gasteiger partial charge in [-0.2, -0.15) is 0 Å². The maximum absolute atomic E-state index is 13.8. The fourth-order valence-electron chi connectivity index (χ4n) is 4.40. The fraction of sp³-hybridized carbons (Fsp3) is 0.417. The number of rotatable bonds is 8. The summed E-state index contributed by atoms with van der Waals surface area (Å²) in [5.74, 6) is 0.651. The number of carbonyl (C=O) groups excluding carboxylic acids is 2. The third-order valence-electron chi connectivity index (χ3n) is 6.06. The van der Waals surface area contributed by atoms with Crippen molar-refractivity contribution in [3.05, 3.63) is 52.6 Å². The van der Waals surface area contributed by atoms with Crippen molar-refractivity contribution in [1.29, 1.82) is 0 Å². The lowest BCUT2D eigenvalue weighted by Gasteiger charge is -2.27. The molecule has 0 saturated heterocycles. The second-order valence-corrected chi connectivity index (χ2v) is 9.69. The standard InChI is InChI=1S/C24H28O6P/c1-15-9-8-10-16(2)20(15)22(25)24(11-6-7-12-24)31(27)23(26)21-18(29-4)13-17(28-3)14-19(21)30-5/h8-10,13-14H,6-7,11-12H2,1-5H3. The van der Waals surface area contributed by atoms with E-state index in [4.69, 9.17) is 14.2 Å². The van der Waals surface area contributed by atoms with Crippen LogP contribution in [0.1, 0.15) is 57.5 Å². The summed E-state index contributed by atoms with van der Waals surface area (Å²) in [6.45, 7) is 3.74. The average Bonchev–Trinajstić information content (AvgIpc) is 3.28. The normalized spacial score (nSPS) is 15.3. The van der Waals surface area contributed by atoms with Crippen LogP contribution < -0.4 is 14.2 Å². The molecule has 0 N–H and O–H groups in total. The summed E-state index contributed by atoms with van der Waals surface area (Å²) in [6.07, 6.45) is 2.34. The summed E-state index contributed by atoms with van der Waals surface area (Å²) in [4.78, 5) is 27.3. The molecule has 1 saturated carbocycles. The van der Waals surface area contributed by atoms with Gasteiger partial charge in [0.1, 0.15) is 28.0 Å². The highest BCUT2D eigenvalue weighted by Gasteiger charge is 2.51. The van der Waals surface area contributed by atoms with Crippen molar-refractivity contribution >= 4 is 19.1 Å². The minimum atomic E-state index is -2.59. The zero-order valence-electron chi connectivity index (χ0n) is 18.6. The van der Waals surface area contributed by atoms with Gasteiger partial charge >= 0.3 is 0 Å². The van der Waals surface area contributed by atoms with Gasteiger partial charge in [-0.3, -0.25) is 14.2 Å². The van der Waals surface area contributed by atoms with Gasteiger partial charge in [-0.15, -0.1) is 0 Å². The van der Waals surface area contributed by atoms with Crippen molar-refractivity contribution in [3.8, 4) is 17.2 Å². The number of benzene rings is 2. The van der Waals surface area contributed by atoms with Gasteiger partial charge in [0.15, 0.2) is 13.6 Å². The van der Waals surface area contributed by atoms with E-state index in [2.05, 4.69) is 0 Å². The van der Waals surface area contributed by atoms with E-state index in [1.54, 1.807) is 12.1 Å². The first-order valence-electron chi connectivity index (χ1n) is 10.2. The number of Topliss-reactive ketones (excluding diaryl/α,β-unsaturated/α-hetero) is 1. The molecule has 1 unspecified atom stereocenters. The molecular weight excluding hydrogens is 415 g/mol. The minimum absolute atomic E-state index is 0.0764. The molecule has 1 aliphatic rings. The predicted molar refractivity (Wildman–Crippen MR) is 119 cm³/mol. The summed E-state index contributed by atoms with van der Waals surface area (Å²) in [5, 5.41) is -1.22. The molecule has 0 heterocycles. The lowest BCUT2D eigenvalue weighted by molar-refractivity contribution is 0.0929. The van der Waals surface area contributed by atoms with Gasteiger partial charge in [0.2, 0.25) is 5.52 Å². The first kappa shape index (κ1) is 23.0. The minimum Gasteiger partial charge on any atom is -0.496 e. The van der Waals surface area contributed by atoms with Crippen LogP contribution in [-0.4, -0.2) is 37.8 Å². The predicted octanol–water partition coefficient (Wildman–Crippen LogP) is 5.49. The molecule has 0 bridgehead atoms. The number of hydrogen-bond donors (Lipinski definition) is 0. The van der Waals surface area contributed by atoms with E-state index in [9.17, 15) is 14.2 Å². The summed E-state index contributed by atoms with van der Waals surface area (Å²) in [6, 6.07) is 8.72. The number of aryl methyl sites for hydroxylation is 2. The maximum atomic E-state index is 13.8. The van der Waals surface area contributed by atoms with Crippen LogP contribution in [-0.2, 0) is 4.57 Å². The molecule has 2 aromatic carbocycles. The largest absolute Gasteiger partial charge is 0.496 e. The number of carbonyl (C=O) groups is 2. The molecule has 165 valence electrons. The lowest BCUT2D eigenvalue weighted by Crippen LogP contribution is -2.34. The Morgan fingerprint density at radius 3 is 1.84 bits per heavy atom. The van der Waals surface area contributed by atoms with Crippen LogP contribution in [0.2, 0.25) is 0 Å². The van der Waals surface area contributed by atoms with Gasteiger partial charge in [0.25, 0.3) is 0 Å². The Hall–Kier alpha value is -2.72. The van der Waals surface area contributed by atoms with Crippen LogP contribution >= 0.6 is 7.80 Å². The topological polar surface area (TPSA) is 78.9 Å². The second kappa shape index (κ2) is 9.19. The van der Waals surface area contributed by atoms with Crippen molar-refractivity contribution in [2.75, 3.05) is 21.3 Å². The summed E-state index contributed by atoms with van der Waals surface area (Å²) >= 11 is 0. The Morgan fingerprint density at radius 1 is 0.871 bits per heavy atom. The molecule has 0 aromatic heterocycles. The maximum Gasteiger partial charge on any atom is 0.250 e. The molecule has 6 nitrogen and oxygen atoms in total. The molecule has 31 heavy (non-hydrogen) atoms. The Kier molecular flexibility index (Phi) is 6.80. The number of methoxy groups -OCH3 is 3. The highest BCUT2D eigenvalue weighted by molar-refractivity contribution is 7.67. The molecule has 1 fully saturated rings. The molecule has 3 rings (SSSR count). The third-order valence-corrected chi connectivity index (χ3v) is 8.08. The van der Waals surface area contributed by atoms with Crippen molar-refractivity contribution in [3.63, 3.8) is 0 Å². The first-order chi connectivity index (χ1) is 14.8. The van der Waals surface area contributed by atoms with E-state index in [1.165, 1.54) is 21.3 Å². The second-order valence-electron chi connectivity index (χ2n) is 7.84. The number of ether oxygens (including phenoxy) is 3. The summed E-state index contributed by atoms with van der Waals surface area (Å²) < 4.78 is 29.8. The molecule has 2 aromatic rings. The van der Waals surface area contributed by atoms with Gasteiger partial charge in [0, 0.05) is 17.7 Å². The molecule has 0 spiro atoms. The van der Waals surface area contributed by atoms with E-state index in [1.807, 2.05) is 32.0 Å². The highest BCUT2D eigenvalue weighted by Crippen LogP contribution is 2.56. The van der Waals surface area contributed by atoms with Crippen molar-refractivity contribution in [2.24, 2.45) is 0 Å². The molecule has 0 aliphatic heterocycles. The molecule has 1 atom stereocenters. The lowest BCUT2D eigenvalue weighted by atomic mass is 9.89. The summed E-state index contributed by atoms with van der Waals surface area (Å²) in [7, 11) is 1.75. The Labute approximate surface area is 183 Å². The summed E-state index contributed by atoms with van der Waals surface area (Å²) in [5.41, 5.74) is 1.66. The van der Waals surface area contributed by atoms with Crippen LogP contribution in [0.3, 0.4) is 0 Å². The quantitative estimate of drug-likeness (QED) is 0.396. The van der Waals surface area contributed by atoms with Crippen molar-refractivity contribution < 1.29 is 28.4 Å². The monoisotopic (exact) mass is 443 g/mol. The Morgan fingerprint density at radius 2 is 1.39 bits per heavy atom. The molecule has 1 radical (unpaired) electrons. The Bertz CT molecular complexity index is 991. The first-order valence-corrected chi connectivity index (χ1v) is 11.5. The average molecular weight is 443 g/mol. The van der Waals surface area contributed by atoms with Gasteiger partial charge in [-0.1, -0.05) is 31.0 Å². The SMILES string of the molecule is COc1cc(OC)c(C(=O)[P](=O)C2(C(=O)c3c(C)cccc3C)CCCC2)c(OC)c1. The van der Waals surface area contributed by atoms with Crippen LogP contribution in [0.5, 0.6) is 17.2 Å². The number of ketones is 1. The number of hydrogen-bond acceptors (Lipinski definition) is 6. The third kappa shape index (κ3) is 3.97. The highest BCUT2D eigenvalue weighted by atomic mass is 31.1. The zero-order valence-corrected chi connectivity index (χ0v) is 19.5. The zero-order chi connectivity index (χ0) is 22.8.